The summed E-state index contributed by atoms with van der Waals surface area (Å²) in [4.78, 5) is 14.1. The third-order valence-corrected chi connectivity index (χ3v) is 3.12. The van der Waals surface area contributed by atoms with Gasteiger partial charge in [0.25, 0.3) is 5.91 Å². The first kappa shape index (κ1) is 12.2. The SMILES string of the molecule is CCCN(CC1CCCN1)C(=O)c1ccco1. The molecule has 0 bridgehead atoms. The highest BCUT2D eigenvalue weighted by molar-refractivity contribution is 5.91. The lowest BCUT2D eigenvalue weighted by Crippen LogP contribution is -2.41. The van der Waals surface area contributed by atoms with Gasteiger partial charge in [0, 0.05) is 19.1 Å². The first-order valence-electron chi connectivity index (χ1n) is 6.37. The quantitative estimate of drug-likeness (QED) is 0.849. The predicted molar refractivity (Wildman–Crippen MR) is 65.9 cm³/mol. The fraction of sp³-hybridized carbons (Fsp3) is 0.615. The number of carbonyl (C=O) groups is 1. The molecule has 4 nitrogen and oxygen atoms in total. The molecule has 94 valence electrons. The van der Waals surface area contributed by atoms with Crippen LogP contribution in [0.15, 0.2) is 22.8 Å². The largest absolute Gasteiger partial charge is 0.459 e. The van der Waals surface area contributed by atoms with Gasteiger partial charge < -0.3 is 14.6 Å². The summed E-state index contributed by atoms with van der Waals surface area (Å²) >= 11 is 0. The van der Waals surface area contributed by atoms with Crippen molar-refractivity contribution in [3.63, 3.8) is 0 Å². The van der Waals surface area contributed by atoms with Crippen LogP contribution in [0.4, 0.5) is 0 Å². The molecule has 0 saturated carbocycles. The fourth-order valence-corrected chi connectivity index (χ4v) is 2.28. The number of rotatable bonds is 5. The van der Waals surface area contributed by atoms with Crippen LogP contribution >= 0.6 is 0 Å². The summed E-state index contributed by atoms with van der Waals surface area (Å²) in [5.41, 5.74) is 0. The van der Waals surface area contributed by atoms with E-state index in [1.165, 1.54) is 6.42 Å². The Morgan fingerprint density at radius 3 is 3.12 bits per heavy atom. The molecular weight excluding hydrogens is 216 g/mol. The van der Waals surface area contributed by atoms with Gasteiger partial charge in [0.2, 0.25) is 0 Å². The molecule has 0 aromatic carbocycles. The van der Waals surface area contributed by atoms with Crippen LogP contribution in [-0.4, -0.2) is 36.5 Å². The van der Waals surface area contributed by atoms with Gasteiger partial charge in [-0.05, 0) is 37.9 Å². The number of hydrogen-bond acceptors (Lipinski definition) is 3. The van der Waals surface area contributed by atoms with Gasteiger partial charge in [0.05, 0.1) is 6.26 Å². The molecule has 1 N–H and O–H groups in total. The Morgan fingerprint density at radius 2 is 2.53 bits per heavy atom. The molecule has 0 aliphatic carbocycles. The molecule has 1 unspecified atom stereocenters. The summed E-state index contributed by atoms with van der Waals surface area (Å²) in [5.74, 6) is 0.446. The molecule has 0 spiro atoms. The van der Waals surface area contributed by atoms with Crippen LogP contribution in [0.2, 0.25) is 0 Å². The van der Waals surface area contributed by atoms with Crippen molar-refractivity contribution in [1.29, 1.82) is 0 Å². The van der Waals surface area contributed by atoms with E-state index in [0.717, 1.165) is 32.5 Å². The van der Waals surface area contributed by atoms with Gasteiger partial charge in [0.15, 0.2) is 5.76 Å². The van der Waals surface area contributed by atoms with Crippen LogP contribution in [0.3, 0.4) is 0 Å². The van der Waals surface area contributed by atoms with E-state index in [9.17, 15) is 4.79 Å². The Balaban J connectivity index is 1.98. The molecule has 0 radical (unpaired) electrons. The summed E-state index contributed by atoms with van der Waals surface area (Å²) in [6, 6.07) is 3.93. The van der Waals surface area contributed by atoms with Crippen LogP contribution in [-0.2, 0) is 0 Å². The van der Waals surface area contributed by atoms with E-state index in [1.54, 1.807) is 18.4 Å². The molecule has 1 aromatic rings. The third kappa shape index (κ3) is 3.09. The minimum Gasteiger partial charge on any atom is -0.459 e. The molecule has 1 atom stereocenters. The first-order chi connectivity index (χ1) is 8.31. The predicted octanol–water partition coefficient (Wildman–Crippen LogP) is 1.88. The topological polar surface area (TPSA) is 45.5 Å². The molecular formula is C13H20N2O2. The number of nitrogens with one attached hydrogen (secondary N) is 1. The maximum Gasteiger partial charge on any atom is 0.289 e. The zero-order valence-electron chi connectivity index (χ0n) is 10.3. The van der Waals surface area contributed by atoms with E-state index < -0.39 is 0 Å². The number of hydrogen-bond donors (Lipinski definition) is 1. The highest BCUT2D eigenvalue weighted by Gasteiger charge is 2.23. The summed E-state index contributed by atoms with van der Waals surface area (Å²) < 4.78 is 5.18. The number of amides is 1. The second-order valence-electron chi connectivity index (χ2n) is 4.52. The summed E-state index contributed by atoms with van der Waals surface area (Å²) in [6.45, 7) is 4.73. The molecule has 1 saturated heterocycles. The van der Waals surface area contributed by atoms with E-state index in [2.05, 4.69) is 12.2 Å². The smallest absolute Gasteiger partial charge is 0.289 e. The van der Waals surface area contributed by atoms with Gasteiger partial charge in [-0.25, -0.2) is 0 Å². The van der Waals surface area contributed by atoms with E-state index in [0.29, 0.717) is 11.8 Å². The summed E-state index contributed by atoms with van der Waals surface area (Å²) in [5, 5.41) is 3.42. The molecule has 1 fully saturated rings. The monoisotopic (exact) mass is 236 g/mol. The van der Waals surface area contributed by atoms with Crippen molar-refractivity contribution < 1.29 is 9.21 Å². The van der Waals surface area contributed by atoms with Gasteiger partial charge >= 0.3 is 0 Å². The second kappa shape index (κ2) is 5.87. The lowest BCUT2D eigenvalue weighted by molar-refractivity contribution is 0.0710. The second-order valence-corrected chi connectivity index (χ2v) is 4.52. The van der Waals surface area contributed by atoms with Crippen molar-refractivity contribution >= 4 is 5.91 Å². The molecule has 4 heteroatoms. The van der Waals surface area contributed by atoms with Crippen LogP contribution < -0.4 is 5.32 Å². The van der Waals surface area contributed by atoms with Gasteiger partial charge in [-0.1, -0.05) is 6.92 Å². The van der Waals surface area contributed by atoms with E-state index in [4.69, 9.17) is 4.42 Å². The maximum absolute atomic E-state index is 12.2. The number of nitrogens with zero attached hydrogens (tertiary/aromatic N) is 1. The Kier molecular flexibility index (Phi) is 4.20. The molecule has 1 aromatic heterocycles. The van der Waals surface area contributed by atoms with E-state index in [1.807, 2.05) is 4.90 Å². The van der Waals surface area contributed by atoms with Crippen molar-refractivity contribution in [1.82, 2.24) is 10.2 Å². The zero-order valence-corrected chi connectivity index (χ0v) is 10.3. The lowest BCUT2D eigenvalue weighted by Gasteiger charge is -2.24. The molecule has 2 heterocycles. The van der Waals surface area contributed by atoms with Gasteiger partial charge in [-0.3, -0.25) is 4.79 Å². The first-order valence-corrected chi connectivity index (χ1v) is 6.37. The Morgan fingerprint density at radius 1 is 1.65 bits per heavy atom. The molecule has 2 rings (SSSR count). The average Bonchev–Trinajstić information content (AvgIpc) is 3.00. The Bertz CT molecular complexity index is 342. The number of carbonyl (C=O) groups excluding carboxylic acids is 1. The maximum atomic E-state index is 12.2. The third-order valence-electron chi connectivity index (χ3n) is 3.12. The highest BCUT2D eigenvalue weighted by Crippen LogP contribution is 2.11. The van der Waals surface area contributed by atoms with Gasteiger partial charge in [-0.2, -0.15) is 0 Å². The van der Waals surface area contributed by atoms with Crippen LogP contribution in [0.25, 0.3) is 0 Å². The zero-order chi connectivity index (χ0) is 12.1. The molecule has 17 heavy (non-hydrogen) atoms. The number of furan rings is 1. The minimum absolute atomic E-state index is 0.00514. The van der Waals surface area contributed by atoms with Crippen molar-refractivity contribution in [2.75, 3.05) is 19.6 Å². The standard InChI is InChI=1S/C13H20N2O2/c1-2-8-15(10-11-5-3-7-14-11)13(16)12-6-4-9-17-12/h4,6,9,11,14H,2-3,5,7-8,10H2,1H3. The van der Waals surface area contributed by atoms with Gasteiger partial charge in [-0.15, -0.1) is 0 Å². The summed E-state index contributed by atoms with van der Waals surface area (Å²) in [7, 11) is 0. The van der Waals surface area contributed by atoms with E-state index >= 15 is 0 Å². The Labute approximate surface area is 102 Å². The summed E-state index contributed by atoms with van der Waals surface area (Å²) in [6.07, 6.45) is 4.88. The van der Waals surface area contributed by atoms with Crippen molar-refractivity contribution in [3.8, 4) is 0 Å². The van der Waals surface area contributed by atoms with Crippen molar-refractivity contribution in [2.45, 2.75) is 32.2 Å². The highest BCUT2D eigenvalue weighted by atomic mass is 16.3. The van der Waals surface area contributed by atoms with Crippen LogP contribution in [0, 0.1) is 0 Å². The van der Waals surface area contributed by atoms with Crippen LogP contribution in [0.5, 0.6) is 0 Å². The van der Waals surface area contributed by atoms with Crippen molar-refractivity contribution in [2.24, 2.45) is 0 Å². The average molecular weight is 236 g/mol. The van der Waals surface area contributed by atoms with Crippen molar-refractivity contribution in [3.05, 3.63) is 24.2 Å². The van der Waals surface area contributed by atoms with Crippen LogP contribution in [0.1, 0.15) is 36.7 Å². The lowest BCUT2D eigenvalue weighted by atomic mass is 10.2. The Hall–Kier alpha value is -1.29. The minimum atomic E-state index is 0.00514. The fourth-order valence-electron chi connectivity index (χ4n) is 2.28. The van der Waals surface area contributed by atoms with E-state index in [-0.39, 0.29) is 5.91 Å². The molecule has 1 aliphatic heterocycles. The normalized spacial score (nSPS) is 19.5. The van der Waals surface area contributed by atoms with Gasteiger partial charge in [0.1, 0.15) is 0 Å². The molecule has 1 aliphatic rings. The molecule has 1 amide bonds.